The molecule has 0 amide bonds. The highest BCUT2D eigenvalue weighted by Gasteiger charge is 2.48. The lowest BCUT2D eigenvalue weighted by molar-refractivity contribution is -0.119. The van der Waals surface area contributed by atoms with Gasteiger partial charge < -0.3 is 14.4 Å². The molecule has 2 aromatic rings. The van der Waals surface area contributed by atoms with E-state index in [9.17, 15) is 9.59 Å². The zero-order valence-electron chi connectivity index (χ0n) is 25.4. The molecule has 2 aromatic carbocycles. The van der Waals surface area contributed by atoms with Crippen LogP contribution in [0.4, 0.5) is 0 Å². The summed E-state index contributed by atoms with van der Waals surface area (Å²) in [6.45, 7) is 16.4. The number of carbonyl (C=O) groups excluding carboxylic acids is 2. The van der Waals surface area contributed by atoms with E-state index in [1.165, 1.54) is 5.56 Å². The number of hydrogen-bond acceptors (Lipinski definition) is 5. The Bertz CT molecular complexity index is 1390. The first-order chi connectivity index (χ1) is 19.3. The Morgan fingerprint density at radius 2 is 1.41 bits per heavy atom. The second-order valence-electron chi connectivity index (χ2n) is 13.3. The minimum absolute atomic E-state index is 0.134. The summed E-state index contributed by atoms with van der Waals surface area (Å²) in [7, 11) is 0. The smallest absolute Gasteiger partial charge is 0.175 e. The molecule has 0 atom stereocenters. The lowest BCUT2D eigenvalue weighted by Crippen LogP contribution is -2.44. The van der Waals surface area contributed by atoms with E-state index in [2.05, 4.69) is 86.6 Å². The molecule has 218 valence electrons. The SMILES string of the molecule is CCOc1cc(C2C3=C(CC(C)(C)CC3=O)N(CC)C3=C2C(=O)CC(C)(C)C3)cc(Br)c1OCc1ccc(C)cc1. The molecular formula is C35H42BrNO4. The number of hydrogen-bond donors (Lipinski definition) is 0. The van der Waals surface area contributed by atoms with Gasteiger partial charge in [0, 0.05) is 47.8 Å². The molecule has 0 saturated heterocycles. The zero-order chi connectivity index (χ0) is 29.7. The van der Waals surface area contributed by atoms with Crippen molar-refractivity contribution < 1.29 is 19.1 Å². The van der Waals surface area contributed by atoms with Gasteiger partial charge in [-0.1, -0.05) is 57.5 Å². The van der Waals surface area contributed by atoms with Gasteiger partial charge in [0.2, 0.25) is 0 Å². The number of allylic oxidation sites excluding steroid dienone is 4. The third kappa shape index (κ3) is 5.77. The van der Waals surface area contributed by atoms with Crippen molar-refractivity contribution in [1.82, 2.24) is 4.90 Å². The van der Waals surface area contributed by atoms with E-state index in [0.29, 0.717) is 37.6 Å². The Morgan fingerprint density at radius 1 is 0.854 bits per heavy atom. The van der Waals surface area contributed by atoms with E-state index >= 15 is 0 Å². The van der Waals surface area contributed by atoms with E-state index in [1.807, 2.05) is 19.1 Å². The van der Waals surface area contributed by atoms with E-state index in [4.69, 9.17) is 9.47 Å². The van der Waals surface area contributed by atoms with Crippen molar-refractivity contribution in [2.75, 3.05) is 13.2 Å². The van der Waals surface area contributed by atoms with E-state index in [-0.39, 0.29) is 22.4 Å². The van der Waals surface area contributed by atoms with Gasteiger partial charge in [-0.05, 0) is 83.6 Å². The summed E-state index contributed by atoms with van der Waals surface area (Å²) in [5.41, 5.74) is 6.61. The first-order valence-electron chi connectivity index (χ1n) is 14.8. The van der Waals surface area contributed by atoms with Crippen molar-refractivity contribution in [1.29, 1.82) is 0 Å². The Balaban J connectivity index is 1.65. The number of rotatable bonds is 7. The Kier molecular flexibility index (Phi) is 8.01. The second-order valence-corrected chi connectivity index (χ2v) is 14.2. The third-order valence-electron chi connectivity index (χ3n) is 8.51. The monoisotopic (exact) mass is 619 g/mol. The van der Waals surface area contributed by atoms with Gasteiger partial charge in [0.15, 0.2) is 23.1 Å². The van der Waals surface area contributed by atoms with Crippen LogP contribution in [0.1, 0.15) is 89.8 Å². The van der Waals surface area contributed by atoms with Crippen LogP contribution in [0.3, 0.4) is 0 Å². The molecule has 1 aliphatic heterocycles. The molecule has 3 aliphatic rings. The number of halogens is 1. The standard InChI is InChI=1S/C35H42BrNO4/c1-8-37-25-16-34(4,5)18-27(38)31(25)30(32-26(37)17-35(6,7)19-28(32)39)23-14-24(36)33(29(15-23)40-9-2)41-20-22-12-10-21(3)11-13-22/h10-15,30H,8-9,16-20H2,1-7H3. The fourth-order valence-corrected chi connectivity index (χ4v) is 7.33. The lowest BCUT2D eigenvalue weighted by atomic mass is 9.63. The number of ether oxygens (including phenoxy) is 2. The quantitative estimate of drug-likeness (QED) is 0.311. The second kappa shape index (κ2) is 11.1. The normalized spacial score (nSPS) is 20.2. The highest BCUT2D eigenvalue weighted by molar-refractivity contribution is 9.10. The number of nitrogens with zero attached hydrogens (tertiary/aromatic N) is 1. The first kappa shape index (κ1) is 29.6. The molecule has 0 aromatic heterocycles. The van der Waals surface area contributed by atoms with E-state index < -0.39 is 5.92 Å². The summed E-state index contributed by atoms with van der Waals surface area (Å²) in [6, 6.07) is 12.3. The minimum atomic E-state index is -0.420. The lowest BCUT2D eigenvalue weighted by Gasteiger charge is -2.49. The number of ketones is 2. The van der Waals surface area contributed by atoms with Crippen LogP contribution in [0, 0.1) is 17.8 Å². The van der Waals surface area contributed by atoms with Crippen molar-refractivity contribution in [2.45, 2.75) is 86.7 Å². The summed E-state index contributed by atoms with van der Waals surface area (Å²) in [4.78, 5) is 30.2. The van der Waals surface area contributed by atoms with E-state index in [1.54, 1.807) is 0 Å². The molecule has 0 fully saturated rings. The predicted molar refractivity (Wildman–Crippen MR) is 166 cm³/mol. The van der Waals surface area contributed by atoms with Crippen molar-refractivity contribution in [3.05, 3.63) is 80.1 Å². The fraction of sp³-hybridized carbons (Fsp3) is 0.486. The highest BCUT2D eigenvalue weighted by atomic mass is 79.9. The topological polar surface area (TPSA) is 55.8 Å². The summed E-state index contributed by atoms with van der Waals surface area (Å²) in [5, 5.41) is 0. The van der Waals surface area contributed by atoms with Crippen molar-refractivity contribution in [3.63, 3.8) is 0 Å². The zero-order valence-corrected chi connectivity index (χ0v) is 27.0. The van der Waals surface area contributed by atoms with Crippen LogP contribution in [-0.4, -0.2) is 29.6 Å². The van der Waals surface area contributed by atoms with Crippen LogP contribution in [-0.2, 0) is 16.2 Å². The van der Waals surface area contributed by atoms with Crippen LogP contribution in [0.2, 0.25) is 0 Å². The molecule has 5 nitrogen and oxygen atoms in total. The molecule has 2 aliphatic carbocycles. The van der Waals surface area contributed by atoms with Crippen LogP contribution in [0.5, 0.6) is 11.5 Å². The average Bonchev–Trinajstić information content (AvgIpc) is 2.87. The van der Waals surface area contributed by atoms with Crippen molar-refractivity contribution in [3.8, 4) is 11.5 Å². The molecule has 0 unspecified atom stereocenters. The van der Waals surface area contributed by atoms with Gasteiger partial charge in [-0.15, -0.1) is 0 Å². The van der Waals surface area contributed by atoms with Gasteiger partial charge in [0.05, 0.1) is 11.1 Å². The van der Waals surface area contributed by atoms with Crippen molar-refractivity contribution in [2.24, 2.45) is 10.8 Å². The largest absolute Gasteiger partial charge is 0.490 e. The van der Waals surface area contributed by atoms with Crippen LogP contribution < -0.4 is 9.47 Å². The molecule has 0 radical (unpaired) electrons. The Labute approximate surface area is 253 Å². The number of Topliss-reactive ketones (excluding diaryl/α,β-unsaturated/α-hetero) is 2. The maximum absolute atomic E-state index is 14.0. The molecule has 0 N–H and O–H groups in total. The molecule has 0 saturated carbocycles. The number of carbonyl (C=O) groups is 2. The van der Waals surface area contributed by atoms with Gasteiger partial charge in [-0.25, -0.2) is 0 Å². The maximum atomic E-state index is 14.0. The molecular weight excluding hydrogens is 578 g/mol. The Hall–Kier alpha value is -2.86. The predicted octanol–water partition coefficient (Wildman–Crippen LogP) is 8.44. The summed E-state index contributed by atoms with van der Waals surface area (Å²) in [5.74, 6) is 1.09. The van der Waals surface area contributed by atoms with Crippen molar-refractivity contribution >= 4 is 27.5 Å². The molecule has 5 rings (SSSR count). The van der Waals surface area contributed by atoms with Gasteiger partial charge >= 0.3 is 0 Å². The molecule has 1 heterocycles. The molecule has 0 bridgehead atoms. The van der Waals surface area contributed by atoms with Crippen LogP contribution in [0.25, 0.3) is 0 Å². The fourth-order valence-electron chi connectivity index (χ4n) is 6.76. The number of benzene rings is 2. The third-order valence-corrected chi connectivity index (χ3v) is 9.10. The van der Waals surface area contributed by atoms with Gasteiger partial charge in [0.25, 0.3) is 0 Å². The van der Waals surface area contributed by atoms with Gasteiger partial charge in [-0.3, -0.25) is 9.59 Å². The minimum Gasteiger partial charge on any atom is -0.490 e. The summed E-state index contributed by atoms with van der Waals surface area (Å²) < 4.78 is 13.2. The Morgan fingerprint density at radius 3 is 1.93 bits per heavy atom. The molecule has 41 heavy (non-hydrogen) atoms. The summed E-state index contributed by atoms with van der Waals surface area (Å²) >= 11 is 3.77. The van der Waals surface area contributed by atoms with Gasteiger partial charge in [0.1, 0.15) is 6.61 Å². The highest BCUT2D eigenvalue weighted by Crippen LogP contribution is 2.55. The van der Waals surface area contributed by atoms with Crippen LogP contribution >= 0.6 is 15.9 Å². The summed E-state index contributed by atoms with van der Waals surface area (Å²) in [6.07, 6.45) is 2.56. The van der Waals surface area contributed by atoms with E-state index in [0.717, 1.165) is 57.5 Å². The number of aryl methyl sites for hydroxylation is 1. The van der Waals surface area contributed by atoms with Gasteiger partial charge in [-0.2, -0.15) is 0 Å². The average molecular weight is 621 g/mol. The molecule has 6 heteroatoms. The molecule has 0 spiro atoms. The maximum Gasteiger partial charge on any atom is 0.175 e. The van der Waals surface area contributed by atoms with Crippen LogP contribution in [0.15, 0.2) is 63.4 Å². The first-order valence-corrected chi connectivity index (χ1v) is 15.6.